The predicted octanol–water partition coefficient (Wildman–Crippen LogP) is 2.63. The number of H-pyrrole nitrogens is 1. The first-order chi connectivity index (χ1) is 14.5. The molecule has 0 spiro atoms. The minimum Gasteiger partial charge on any atom is -0.356 e. The molecule has 0 amide bonds. The van der Waals surface area contributed by atoms with Crippen LogP contribution in [0.2, 0.25) is 0 Å². The summed E-state index contributed by atoms with van der Waals surface area (Å²) in [6.45, 7) is 3.34. The van der Waals surface area contributed by atoms with Crippen LogP contribution in [0, 0.1) is 0 Å². The van der Waals surface area contributed by atoms with Crippen molar-refractivity contribution >= 4 is 11.6 Å². The number of alkyl halides is 2. The van der Waals surface area contributed by atoms with E-state index in [1.807, 2.05) is 11.0 Å². The van der Waals surface area contributed by atoms with Crippen molar-refractivity contribution < 1.29 is 8.78 Å². The maximum Gasteiger partial charge on any atom is 0.251 e. The minimum absolute atomic E-state index is 0.111. The average Bonchev–Trinajstić information content (AvgIpc) is 3.10. The molecule has 0 saturated carbocycles. The molecule has 0 aromatic carbocycles. The van der Waals surface area contributed by atoms with E-state index >= 15 is 0 Å². The molecule has 0 bridgehead atoms. The van der Waals surface area contributed by atoms with Crippen molar-refractivity contribution in [2.24, 2.45) is 0 Å². The normalized spacial score (nSPS) is 21.6. The van der Waals surface area contributed by atoms with Crippen LogP contribution in [0.3, 0.4) is 0 Å². The summed E-state index contributed by atoms with van der Waals surface area (Å²) >= 11 is 0. The highest BCUT2D eigenvalue weighted by molar-refractivity contribution is 5.52. The first kappa shape index (κ1) is 19.7. The van der Waals surface area contributed by atoms with E-state index in [0.29, 0.717) is 19.1 Å². The topological polar surface area (TPSA) is 64.2 Å². The number of likely N-dealkylation sites (N-methyl/N-ethyl adjacent to an activating group) is 1. The highest BCUT2D eigenvalue weighted by Gasteiger charge is 2.35. The van der Waals surface area contributed by atoms with Gasteiger partial charge in [0.1, 0.15) is 18.0 Å². The minimum atomic E-state index is -2.55. The number of anilines is 2. The van der Waals surface area contributed by atoms with Gasteiger partial charge in [-0.2, -0.15) is 5.10 Å². The number of nitrogens with zero attached hydrogens (tertiary/aromatic N) is 6. The van der Waals surface area contributed by atoms with E-state index in [2.05, 4.69) is 37.0 Å². The van der Waals surface area contributed by atoms with Crippen molar-refractivity contribution in [3.05, 3.63) is 29.3 Å². The van der Waals surface area contributed by atoms with Crippen LogP contribution in [0.25, 0.3) is 0 Å². The van der Waals surface area contributed by atoms with Gasteiger partial charge in [-0.15, -0.1) is 0 Å². The number of fused-ring (bicyclic) bond motifs is 1. The summed E-state index contributed by atoms with van der Waals surface area (Å²) in [5.41, 5.74) is 3.94. The Labute approximate surface area is 175 Å². The number of aromatic amines is 1. The molecule has 30 heavy (non-hydrogen) atoms. The van der Waals surface area contributed by atoms with Gasteiger partial charge < -0.3 is 9.80 Å². The zero-order valence-corrected chi connectivity index (χ0v) is 17.4. The average molecular weight is 418 g/mol. The molecule has 0 radical (unpaired) electrons. The lowest BCUT2D eigenvalue weighted by Crippen LogP contribution is -2.58. The number of hydrogen-bond donors (Lipinski definition) is 1. The van der Waals surface area contributed by atoms with E-state index in [9.17, 15) is 8.78 Å². The Bertz CT molecular complexity index is 883. The van der Waals surface area contributed by atoms with Crippen molar-refractivity contribution in [3.63, 3.8) is 0 Å². The molecule has 2 saturated heterocycles. The Morgan fingerprint density at radius 2 is 1.80 bits per heavy atom. The molecule has 0 atom stereocenters. The highest BCUT2D eigenvalue weighted by atomic mass is 19.3. The van der Waals surface area contributed by atoms with Crippen molar-refractivity contribution in [2.45, 2.75) is 57.0 Å². The van der Waals surface area contributed by atoms with Crippen LogP contribution in [-0.4, -0.2) is 70.3 Å². The third-order valence-electron chi connectivity index (χ3n) is 6.81. The maximum atomic E-state index is 13.4. The summed E-state index contributed by atoms with van der Waals surface area (Å²) in [5.74, 6) is -0.926. The fraction of sp³-hybridized carbons (Fsp3) is 0.667. The van der Waals surface area contributed by atoms with E-state index in [0.717, 1.165) is 44.1 Å². The van der Waals surface area contributed by atoms with Crippen molar-refractivity contribution in [1.29, 1.82) is 0 Å². The Morgan fingerprint density at radius 3 is 2.57 bits per heavy atom. The summed E-state index contributed by atoms with van der Waals surface area (Å²) in [7, 11) is 2.16. The standard InChI is InChI=1S/C21H29F2N7/c1-28(13-18-16-4-2-3-5-17(16)26-27-18)15-11-30(12-15)20-10-19(24-14-25-20)29-8-6-21(22,23)7-9-29/h10,14-15H,2-9,11-13H2,1H3,(H,26,27). The number of rotatable bonds is 5. The fourth-order valence-electron chi connectivity index (χ4n) is 4.71. The number of aryl methyl sites for hydroxylation is 1. The monoisotopic (exact) mass is 417 g/mol. The number of nitrogens with one attached hydrogen (secondary N) is 1. The van der Waals surface area contributed by atoms with Gasteiger partial charge in [0.15, 0.2) is 0 Å². The molecular weight excluding hydrogens is 388 g/mol. The van der Waals surface area contributed by atoms with Gasteiger partial charge in [0.25, 0.3) is 5.92 Å². The van der Waals surface area contributed by atoms with Gasteiger partial charge in [-0.05, 0) is 38.3 Å². The number of piperidine rings is 1. The summed E-state index contributed by atoms with van der Waals surface area (Å²) in [6.07, 6.45) is 6.09. The Hall–Kier alpha value is -2.29. The number of aromatic nitrogens is 4. The molecule has 2 aromatic heterocycles. The first-order valence-corrected chi connectivity index (χ1v) is 10.9. The second kappa shape index (κ2) is 7.76. The summed E-state index contributed by atoms with van der Waals surface area (Å²) < 4.78 is 26.9. The number of halogens is 2. The molecule has 1 N–H and O–H groups in total. The van der Waals surface area contributed by atoms with Crippen LogP contribution in [-0.2, 0) is 19.4 Å². The van der Waals surface area contributed by atoms with Crippen LogP contribution in [0.15, 0.2) is 12.4 Å². The first-order valence-electron chi connectivity index (χ1n) is 10.9. The van der Waals surface area contributed by atoms with Gasteiger partial charge in [0.2, 0.25) is 0 Å². The number of hydrogen-bond acceptors (Lipinski definition) is 6. The van der Waals surface area contributed by atoms with Gasteiger partial charge in [0, 0.05) is 63.4 Å². The molecular formula is C21H29F2N7. The molecule has 2 aliphatic heterocycles. The molecule has 2 aromatic rings. The summed E-state index contributed by atoms with van der Waals surface area (Å²) in [6, 6.07) is 2.39. The van der Waals surface area contributed by atoms with E-state index in [-0.39, 0.29) is 12.8 Å². The van der Waals surface area contributed by atoms with Crippen LogP contribution < -0.4 is 9.80 Å². The molecule has 5 rings (SSSR count). The zero-order valence-electron chi connectivity index (χ0n) is 17.4. The van der Waals surface area contributed by atoms with Gasteiger partial charge in [-0.25, -0.2) is 18.7 Å². The SMILES string of the molecule is CN(Cc1n[nH]c2c1CCCC2)C1CN(c2cc(N3CCC(F)(F)CC3)ncn2)C1. The molecule has 7 nitrogen and oxygen atoms in total. The van der Waals surface area contributed by atoms with E-state index < -0.39 is 5.92 Å². The lowest BCUT2D eigenvalue weighted by atomic mass is 9.95. The Balaban J connectivity index is 1.17. The second-order valence-corrected chi connectivity index (χ2v) is 8.89. The molecule has 2 fully saturated rings. The van der Waals surface area contributed by atoms with Gasteiger partial charge in [0.05, 0.1) is 5.69 Å². The third-order valence-corrected chi connectivity index (χ3v) is 6.81. The van der Waals surface area contributed by atoms with Gasteiger partial charge in [-0.1, -0.05) is 0 Å². The molecule has 3 aliphatic rings. The molecule has 9 heteroatoms. The Morgan fingerprint density at radius 1 is 1.10 bits per heavy atom. The molecule has 4 heterocycles. The van der Waals surface area contributed by atoms with Crippen LogP contribution in [0.5, 0.6) is 0 Å². The predicted molar refractivity (Wildman–Crippen MR) is 111 cm³/mol. The van der Waals surface area contributed by atoms with Crippen molar-refractivity contribution in [2.75, 3.05) is 43.0 Å². The summed E-state index contributed by atoms with van der Waals surface area (Å²) in [5, 5.41) is 7.80. The van der Waals surface area contributed by atoms with E-state index in [4.69, 9.17) is 0 Å². The third kappa shape index (κ3) is 3.87. The van der Waals surface area contributed by atoms with Crippen LogP contribution in [0.1, 0.15) is 42.6 Å². The van der Waals surface area contributed by atoms with Crippen molar-refractivity contribution in [1.82, 2.24) is 25.1 Å². The van der Waals surface area contributed by atoms with E-state index in [1.165, 1.54) is 29.8 Å². The highest BCUT2D eigenvalue weighted by Crippen LogP contribution is 2.31. The Kier molecular flexibility index (Phi) is 5.08. The maximum absolute atomic E-state index is 13.4. The van der Waals surface area contributed by atoms with Crippen LogP contribution >= 0.6 is 0 Å². The summed E-state index contributed by atoms with van der Waals surface area (Å²) in [4.78, 5) is 15.3. The molecule has 0 unspecified atom stereocenters. The van der Waals surface area contributed by atoms with Gasteiger partial charge >= 0.3 is 0 Å². The largest absolute Gasteiger partial charge is 0.356 e. The fourth-order valence-corrected chi connectivity index (χ4v) is 4.71. The molecule has 1 aliphatic carbocycles. The van der Waals surface area contributed by atoms with Crippen molar-refractivity contribution in [3.8, 4) is 0 Å². The second-order valence-electron chi connectivity index (χ2n) is 8.89. The lowest BCUT2D eigenvalue weighted by molar-refractivity contribution is -0.0221. The zero-order chi connectivity index (χ0) is 20.7. The smallest absolute Gasteiger partial charge is 0.251 e. The molecule has 162 valence electrons. The van der Waals surface area contributed by atoms with E-state index in [1.54, 1.807) is 6.33 Å². The van der Waals surface area contributed by atoms with Gasteiger partial charge in [-0.3, -0.25) is 10.00 Å². The quantitative estimate of drug-likeness (QED) is 0.807. The lowest BCUT2D eigenvalue weighted by Gasteiger charge is -2.44. The van der Waals surface area contributed by atoms with Crippen LogP contribution in [0.4, 0.5) is 20.4 Å².